The molecule has 1 spiro atoms. The van der Waals surface area contributed by atoms with Crippen LogP contribution in [0.15, 0.2) is 12.4 Å². The Balaban J connectivity index is 1.79. The summed E-state index contributed by atoms with van der Waals surface area (Å²) in [6.45, 7) is 7.84. The summed E-state index contributed by atoms with van der Waals surface area (Å²) in [6.07, 6.45) is 6.83. The molecule has 3 heterocycles. The zero-order chi connectivity index (χ0) is 11.9. The zero-order valence-corrected chi connectivity index (χ0v) is 10.7. The fourth-order valence-electron chi connectivity index (χ4n) is 3.14. The van der Waals surface area contributed by atoms with Crippen LogP contribution < -0.4 is 10.6 Å². The monoisotopic (exact) mass is 234 g/mol. The van der Waals surface area contributed by atoms with Gasteiger partial charge < -0.3 is 10.6 Å². The molecule has 4 heteroatoms. The lowest BCUT2D eigenvalue weighted by atomic mass is 9.65. The maximum atomic E-state index is 4.46. The Morgan fingerprint density at radius 3 is 2.71 bits per heavy atom. The van der Waals surface area contributed by atoms with Crippen molar-refractivity contribution in [1.82, 2.24) is 20.4 Å². The van der Waals surface area contributed by atoms with Gasteiger partial charge in [0.05, 0.1) is 6.20 Å². The van der Waals surface area contributed by atoms with E-state index in [2.05, 4.69) is 40.5 Å². The molecule has 0 aliphatic carbocycles. The second kappa shape index (κ2) is 4.10. The first-order chi connectivity index (χ1) is 8.21. The molecule has 17 heavy (non-hydrogen) atoms. The van der Waals surface area contributed by atoms with Crippen LogP contribution in [0.25, 0.3) is 0 Å². The largest absolute Gasteiger partial charge is 0.317 e. The lowest BCUT2D eigenvalue weighted by Gasteiger charge is -2.52. The molecule has 1 aromatic heterocycles. The summed E-state index contributed by atoms with van der Waals surface area (Å²) in [7, 11) is 0. The van der Waals surface area contributed by atoms with Gasteiger partial charge in [0.1, 0.15) is 0 Å². The van der Waals surface area contributed by atoms with E-state index in [-0.39, 0.29) is 0 Å². The molecule has 2 fully saturated rings. The van der Waals surface area contributed by atoms with Gasteiger partial charge in [-0.05, 0) is 39.8 Å². The second-order valence-corrected chi connectivity index (χ2v) is 5.77. The summed E-state index contributed by atoms with van der Waals surface area (Å²) < 4.78 is 2.06. The minimum atomic E-state index is 0.452. The molecular weight excluding hydrogens is 212 g/mol. The van der Waals surface area contributed by atoms with Gasteiger partial charge >= 0.3 is 0 Å². The van der Waals surface area contributed by atoms with Crippen molar-refractivity contribution in [2.45, 2.75) is 38.8 Å². The molecule has 0 unspecified atom stereocenters. The number of rotatable bonds is 2. The fourth-order valence-corrected chi connectivity index (χ4v) is 3.14. The number of hydrogen-bond donors (Lipinski definition) is 2. The van der Waals surface area contributed by atoms with Crippen molar-refractivity contribution in [3.05, 3.63) is 18.0 Å². The third kappa shape index (κ3) is 1.79. The Morgan fingerprint density at radius 2 is 2.18 bits per heavy atom. The van der Waals surface area contributed by atoms with Crippen molar-refractivity contribution < 1.29 is 0 Å². The maximum absolute atomic E-state index is 4.46. The van der Waals surface area contributed by atoms with Crippen molar-refractivity contribution >= 4 is 0 Å². The van der Waals surface area contributed by atoms with E-state index in [9.17, 15) is 0 Å². The predicted molar refractivity (Wildman–Crippen MR) is 67.9 cm³/mol. The van der Waals surface area contributed by atoms with Gasteiger partial charge in [0.25, 0.3) is 0 Å². The molecule has 94 valence electrons. The second-order valence-electron chi connectivity index (χ2n) is 5.77. The summed E-state index contributed by atoms with van der Waals surface area (Å²) in [4.78, 5) is 0. The highest BCUT2D eigenvalue weighted by molar-refractivity contribution is 5.21. The van der Waals surface area contributed by atoms with Gasteiger partial charge in [-0.15, -0.1) is 0 Å². The van der Waals surface area contributed by atoms with Gasteiger partial charge in [0, 0.05) is 35.8 Å². The standard InChI is InChI=1S/C13H22N4/c1-10(2)17-8-11(7-16-17)12-13(9-15-12)3-5-14-6-4-13/h7-8,10,12,14-15H,3-6,9H2,1-2H3/t12-/m1/s1. The van der Waals surface area contributed by atoms with Crippen LogP contribution in [0, 0.1) is 5.41 Å². The predicted octanol–water partition coefficient (Wildman–Crippen LogP) is 1.48. The quantitative estimate of drug-likeness (QED) is 0.814. The average Bonchev–Trinajstić information content (AvgIpc) is 2.78. The van der Waals surface area contributed by atoms with Crippen LogP contribution in [0.1, 0.15) is 44.3 Å². The smallest absolute Gasteiger partial charge is 0.0537 e. The molecule has 2 saturated heterocycles. The summed E-state index contributed by atoms with van der Waals surface area (Å²) in [5.74, 6) is 0. The van der Waals surface area contributed by atoms with Crippen LogP contribution >= 0.6 is 0 Å². The zero-order valence-electron chi connectivity index (χ0n) is 10.7. The Hall–Kier alpha value is -0.870. The molecule has 3 rings (SSSR count). The first-order valence-corrected chi connectivity index (χ1v) is 6.69. The summed E-state index contributed by atoms with van der Waals surface area (Å²) in [5, 5.41) is 11.5. The van der Waals surface area contributed by atoms with Crippen molar-refractivity contribution in [3.63, 3.8) is 0 Å². The Bertz CT molecular complexity index is 390. The molecule has 2 aliphatic rings. The Morgan fingerprint density at radius 1 is 1.41 bits per heavy atom. The average molecular weight is 234 g/mol. The number of nitrogens with zero attached hydrogens (tertiary/aromatic N) is 2. The molecule has 4 nitrogen and oxygen atoms in total. The van der Waals surface area contributed by atoms with E-state index in [1.165, 1.54) is 24.9 Å². The molecule has 0 radical (unpaired) electrons. The molecule has 0 amide bonds. The van der Waals surface area contributed by atoms with Crippen molar-refractivity contribution in [2.75, 3.05) is 19.6 Å². The number of hydrogen-bond acceptors (Lipinski definition) is 3. The first kappa shape index (κ1) is 11.2. The third-order valence-electron chi connectivity index (χ3n) is 4.35. The highest BCUT2D eigenvalue weighted by Gasteiger charge is 2.47. The van der Waals surface area contributed by atoms with Crippen molar-refractivity contribution in [2.24, 2.45) is 5.41 Å². The van der Waals surface area contributed by atoms with Gasteiger partial charge in [-0.2, -0.15) is 5.10 Å². The fraction of sp³-hybridized carbons (Fsp3) is 0.769. The highest BCUT2D eigenvalue weighted by Crippen LogP contribution is 2.47. The van der Waals surface area contributed by atoms with E-state index in [0.29, 0.717) is 17.5 Å². The topological polar surface area (TPSA) is 41.9 Å². The van der Waals surface area contributed by atoms with Crippen LogP contribution in [0.2, 0.25) is 0 Å². The summed E-state index contributed by atoms with van der Waals surface area (Å²) in [6, 6.07) is 0.977. The number of nitrogens with one attached hydrogen (secondary N) is 2. The van der Waals surface area contributed by atoms with E-state index >= 15 is 0 Å². The van der Waals surface area contributed by atoms with Gasteiger partial charge in [0.15, 0.2) is 0 Å². The Kier molecular flexibility index (Phi) is 2.71. The van der Waals surface area contributed by atoms with E-state index in [1.54, 1.807) is 0 Å². The van der Waals surface area contributed by atoms with Crippen LogP contribution in [-0.2, 0) is 0 Å². The summed E-state index contributed by atoms with van der Waals surface area (Å²) in [5.41, 5.74) is 1.86. The van der Waals surface area contributed by atoms with E-state index in [1.807, 2.05) is 6.20 Å². The number of aromatic nitrogens is 2. The molecule has 0 bridgehead atoms. The number of piperidine rings is 1. The SMILES string of the molecule is CC(C)n1cc([C@H]2NCC23CCNCC3)cn1. The molecule has 2 N–H and O–H groups in total. The third-order valence-corrected chi connectivity index (χ3v) is 4.35. The van der Waals surface area contributed by atoms with Gasteiger partial charge in [0.2, 0.25) is 0 Å². The van der Waals surface area contributed by atoms with E-state index in [4.69, 9.17) is 0 Å². The minimum Gasteiger partial charge on any atom is -0.317 e. The van der Waals surface area contributed by atoms with Crippen molar-refractivity contribution in [1.29, 1.82) is 0 Å². The molecular formula is C13H22N4. The van der Waals surface area contributed by atoms with Crippen LogP contribution in [0.4, 0.5) is 0 Å². The van der Waals surface area contributed by atoms with Crippen LogP contribution in [0.5, 0.6) is 0 Å². The van der Waals surface area contributed by atoms with Gasteiger partial charge in [-0.25, -0.2) is 0 Å². The summed E-state index contributed by atoms with van der Waals surface area (Å²) >= 11 is 0. The highest BCUT2D eigenvalue weighted by atomic mass is 15.3. The van der Waals surface area contributed by atoms with Gasteiger partial charge in [-0.1, -0.05) is 0 Å². The minimum absolute atomic E-state index is 0.452. The molecule has 1 aromatic rings. The van der Waals surface area contributed by atoms with E-state index < -0.39 is 0 Å². The first-order valence-electron chi connectivity index (χ1n) is 6.69. The normalized spacial score (nSPS) is 27.4. The Labute approximate surface area is 103 Å². The lowest BCUT2D eigenvalue weighted by molar-refractivity contribution is 0.0435. The van der Waals surface area contributed by atoms with Crippen LogP contribution in [0.3, 0.4) is 0 Å². The van der Waals surface area contributed by atoms with E-state index in [0.717, 1.165) is 13.1 Å². The molecule has 0 saturated carbocycles. The molecule has 1 atom stereocenters. The molecule has 2 aliphatic heterocycles. The maximum Gasteiger partial charge on any atom is 0.0537 e. The van der Waals surface area contributed by atoms with Gasteiger partial charge in [-0.3, -0.25) is 4.68 Å². The van der Waals surface area contributed by atoms with Crippen molar-refractivity contribution in [3.8, 4) is 0 Å². The lowest BCUT2D eigenvalue weighted by Crippen LogP contribution is -2.59. The molecule has 0 aromatic carbocycles. The van der Waals surface area contributed by atoms with Crippen LogP contribution in [-0.4, -0.2) is 29.4 Å².